The third-order valence-corrected chi connectivity index (χ3v) is 3.68. The Kier molecular flexibility index (Phi) is 2.76. The number of hydrogen-bond acceptors (Lipinski definition) is 3. The molecule has 5 heteroatoms. The van der Waals surface area contributed by atoms with Crippen molar-refractivity contribution in [3.05, 3.63) is 46.4 Å². The van der Waals surface area contributed by atoms with Gasteiger partial charge in [0.05, 0.1) is 11.0 Å². The number of hydrogen-bond donors (Lipinski definition) is 1. The maximum absolute atomic E-state index is 13.3. The monoisotopic (exact) mass is 261 g/mol. The summed E-state index contributed by atoms with van der Waals surface area (Å²) in [7, 11) is 0. The van der Waals surface area contributed by atoms with Crippen LogP contribution in [0.4, 0.5) is 10.3 Å². The summed E-state index contributed by atoms with van der Waals surface area (Å²) in [5.74, 6) is 0.171. The number of anilines is 1. The minimum Gasteiger partial charge on any atom is -0.369 e. The van der Waals surface area contributed by atoms with Crippen LogP contribution >= 0.6 is 11.3 Å². The minimum absolute atomic E-state index is 0.265. The van der Waals surface area contributed by atoms with Crippen molar-refractivity contribution in [3.63, 3.8) is 0 Å². The van der Waals surface area contributed by atoms with E-state index in [1.807, 2.05) is 9.95 Å². The molecule has 0 saturated carbocycles. The lowest BCUT2D eigenvalue weighted by Gasteiger charge is -2.05. The molecular formula is C13H12FN3S. The average Bonchev–Trinajstić information content (AvgIpc) is 2.94. The van der Waals surface area contributed by atoms with Crippen LogP contribution in [0.2, 0.25) is 0 Å². The highest BCUT2D eigenvalue weighted by Gasteiger charge is 2.08. The van der Waals surface area contributed by atoms with E-state index < -0.39 is 0 Å². The number of fused-ring (bicyclic) bond motifs is 1. The van der Waals surface area contributed by atoms with Gasteiger partial charge < -0.3 is 10.3 Å². The first-order valence-electron chi connectivity index (χ1n) is 5.66. The largest absolute Gasteiger partial charge is 0.369 e. The van der Waals surface area contributed by atoms with Gasteiger partial charge in [0.1, 0.15) is 5.82 Å². The molecule has 0 bridgehead atoms. The third-order valence-electron chi connectivity index (χ3n) is 2.94. The minimum atomic E-state index is -0.265. The molecule has 0 unspecified atom stereocenters. The van der Waals surface area contributed by atoms with E-state index in [-0.39, 0.29) is 5.82 Å². The molecule has 2 N–H and O–H groups in total. The van der Waals surface area contributed by atoms with Crippen LogP contribution in [0.3, 0.4) is 0 Å². The van der Waals surface area contributed by atoms with Crippen LogP contribution in [-0.4, -0.2) is 9.55 Å². The van der Waals surface area contributed by atoms with Gasteiger partial charge in [-0.1, -0.05) is 0 Å². The SMILES string of the molecule is Nc1nc2ccc(F)cc2n1CCc1ccsc1. The number of aromatic nitrogens is 2. The summed E-state index contributed by atoms with van der Waals surface area (Å²) in [4.78, 5) is 4.23. The van der Waals surface area contributed by atoms with Gasteiger partial charge in [0, 0.05) is 6.54 Å². The summed E-state index contributed by atoms with van der Waals surface area (Å²) in [6.07, 6.45) is 0.871. The van der Waals surface area contributed by atoms with Gasteiger partial charge in [-0.25, -0.2) is 9.37 Å². The summed E-state index contributed by atoms with van der Waals surface area (Å²) < 4.78 is 15.1. The third kappa shape index (κ3) is 1.97. The summed E-state index contributed by atoms with van der Waals surface area (Å²) in [5.41, 5.74) is 8.62. The molecule has 0 atom stereocenters. The summed E-state index contributed by atoms with van der Waals surface area (Å²) in [6.45, 7) is 0.711. The quantitative estimate of drug-likeness (QED) is 0.787. The Hall–Kier alpha value is -1.88. The zero-order valence-corrected chi connectivity index (χ0v) is 10.5. The van der Waals surface area contributed by atoms with Gasteiger partial charge in [-0.05, 0) is 47.0 Å². The Labute approximate surface area is 108 Å². The highest BCUT2D eigenvalue weighted by molar-refractivity contribution is 7.07. The van der Waals surface area contributed by atoms with Crippen LogP contribution in [0.1, 0.15) is 5.56 Å². The van der Waals surface area contributed by atoms with E-state index in [2.05, 4.69) is 16.4 Å². The fourth-order valence-electron chi connectivity index (χ4n) is 2.03. The molecule has 0 spiro atoms. The topological polar surface area (TPSA) is 43.8 Å². The van der Waals surface area contributed by atoms with Crippen molar-refractivity contribution < 1.29 is 4.39 Å². The van der Waals surface area contributed by atoms with E-state index in [0.717, 1.165) is 17.5 Å². The molecule has 0 amide bonds. The molecule has 0 radical (unpaired) electrons. The average molecular weight is 261 g/mol. The number of aryl methyl sites for hydroxylation is 2. The summed E-state index contributed by atoms with van der Waals surface area (Å²) in [5, 5.41) is 4.15. The number of nitrogens with zero attached hydrogens (tertiary/aromatic N) is 2. The van der Waals surface area contributed by atoms with E-state index in [0.29, 0.717) is 12.5 Å². The van der Waals surface area contributed by atoms with Crippen molar-refractivity contribution in [2.75, 3.05) is 5.73 Å². The zero-order chi connectivity index (χ0) is 12.5. The molecule has 3 aromatic rings. The fraction of sp³-hybridized carbons (Fsp3) is 0.154. The molecule has 0 aliphatic heterocycles. The second kappa shape index (κ2) is 4.42. The van der Waals surface area contributed by atoms with Crippen molar-refractivity contribution in [2.24, 2.45) is 0 Å². The molecule has 2 heterocycles. The van der Waals surface area contributed by atoms with E-state index in [1.54, 1.807) is 17.4 Å². The molecule has 18 heavy (non-hydrogen) atoms. The first kappa shape index (κ1) is 11.2. The van der Waals surface area contributed by atoms with E-state index >= 15 is 0 Å². The number of nitrogens with two attached hydrogens (primary N) is 1. The highest BCUT2D eigenvalue weighted by atomic mass is 32.1. The van der Waals surface area contributed by atoms with Gasteiger partial charge in [0.25, 0.3) is 0 Å². The Balaban J connectivity index is 1.95. The molecular weight excluding hydrogens is 249 g/mol. The lowest BCUT2D eigenvalue weighted by atomic mass is 10.2. The zero-order valence-electron chi connectivity index (χ0n) is 9.64. The number of rotatable bonds is 3. The summed E-state index contributed by atoms with van der Waals surface area (Å²) >= 11 is 1.67. The predicted octanol–water partition coefficient (Wildman–Crippen LogP) is 3.06. The molecule has 0 aliphatic rings. The fourth-order valence-corrected chi connectivity index (χ4v) is 2.73. The van der Waals surface area contributed by atoms with Gasteiger partial charge in [-0.15, -0.1) is 0 Å². The van der Waals surface area contributed by atoms with Crippen molar-refractivity contribution in [2.45, 2.75) is 13.0 Å². The normalized spacial score (nSPS) is 11.2. The van der Waals surface area contributed by atoms with Crippen molar-refractivity contribution in [3.8, 4) is 0 Å². The first-order valence-corrected chi connectivity index (χ1v) is 6.60. The second-order valence-corrected chi connectivity index (χ2v) is 4.92. The van der Waals surface area contributed by atoms with Crippen molar-refractivity contribution >= 4 is 28.3 Å². The number of halogens is 1. The van der Waals surface area contributed by atoms with Crippen molar-refractivity contribution in [1.82, 2.24) is 9.55 Å². The molecule has 3 nitrogen and oxygen atoms in total. The number of nitrogen functional groups attached to an aromatic ring is 1. The molecule has 2 aromatic heterocycles. The highest BCUT2D eigenvalue weighted by Crippen LogP contribution is 2.20. The Morgan fingerprint density at radius 3 is 3.00 bits per heavy atom. The van der Waals surface area contributed by atoms with Crippen LogP contribution in [0, 0.1) is 5.82 Å². The van der Waals surface area contributed by atoms with Gasteiger partial charge in [-0.2, -0.15) is 11.3 Å². The maximum Gasteiger partial charge on any atom is 0.201 e. The molecule has 1 aromatic carbocycles. The van der Waals surface area contributed by atoms with Gasteiger partial charge in [-0.3, -0.25) is 0 Å². The molecule has 92 valence electrons. The van der Waals surface area contributed by atoms with Gasteiger partial charge in [0.15, 0.2) is 0 Å². The van der Waals surface area contributed by atoms with E-state index in [4.69, 9.17) is 5.73 Å². The van der Waals surface area contributed by atoms with Crippen LogP contribution in [0.25, 0.3) is 11.0 Å². The van der Waals surface area contributed by atoms with Crippen LogP contribution < -0.4 is 5.73 Å². The lowest BCUT2D eigenvalue weighted by molar-refractivity contribution is 0.627. The number of thiophene rings is 1. The number of benzene rings is 1. The summed E-state index contributed by atoms with van der Waals surface area (Å²) in [6, 6.07) is 6.62. The molecule has 0 fully saturated rings. The van der Waals surface area contributed by atoms with E-state index in [1.165, 1.54) is 17.7 Å². The maximum atomic E-state index is 13.3. The Morgan fingerprint density at radius 2 is 2.22 bits per heavy atom. The smallest absolute Gasteiger partial charge is 0.201 e. The molecule has 0 saturated heterocycles. The molecule has 3 rings (SSSR count). The first-order chi connectivity index (χ1) is 8.74. The lowest BCUT2D eigenvalue weighted by Crippen LogP contribution is -2.05. The van der Waals surface area contributed by atoms with Gasteiger partial charge >= 0.3 is 0 Å². The van der Waals surface area contributed by atoms with Crippen LogP contribution in [0.5, 0.6) is 0 Å². The number of imidazole rings is 1. The molecule has 0 aliphatic carbocycles. The standard InChI is InChI=1S/C13H12FN3S/c14-10-1-2-11-12(7-10)17(13(15)16-11)5-3-9-4-6-18-8-9/h1-2,4,6-8H,3,5H2,(H2,15,16). The Morgan fingerprint density at radius 1 is 1.33 bits per heavy atom. The van der Waals surface area contributed by atoms with Crippen molar-refractivity contribution in [1.29, 1.82) is 0 Å². The van der Waals surface area contributed by atoms with Crippen LogP contribution in [-0.2, 0) is 13.0 Å². The van der Waals surface area contributed by atoms with Crippen LogP contribution in [0.15, 0.2) is 35.0 Å². The van der Waals surface area contributed by atoms with Gasteiger partial charge in [0.2, 0.25) is 5.95 Å². The predicted molar refractivity (Wildman–Crippen MR) is 72.1 cm³/mol. The second-order valence-electron chi connectivity index (χ2n) is 4.14. The van der Waals surface area contributed by atoms with E-state index in [9.17, 15) is 4.39 Å². The Bertz CT molecular complexity index is 673.